The van der Waals surface area contributed by atoms with Gasteiger partial charge < -0.3 is 5.32 Å². The highest BCUT2D eigenvalue weighted by Crippen LogP contribution is 2.28. The van der Waals surface area contributed by atoms with Crippen LogP contribution in [0.15, 0.2) is 41.3 Å². The van der Waals surface area contributed by atoms with Crippen LogP contribution in [0.2, 0.25) is 5.02 Å². The van der Waals surface area contributed by atoms with Gasteiger partial charge in [-0.3, -0.25) is 4.79 Å². The molecular formula is C19H21ClN2O5S2. The molecule has 156 valence electrons. The first kappa shape index (κ1) is 21.8. The average molecular weight is 457 g/mol. The molecule has 1 amide bonds. The molecule has 1 aliphatic heterocycles. The second-order valence-corrected chi connectivity index (χ2v) is 11.5. The van der Waals surface area contributed by atoms with Crippen LogP contribution in [-0.4, -0.2) is 40.3 Å². The van der Waals surface area contributed by atoms with Crippen molar-refractivity contribution < 1.29 is 21.6 Å². The quantitative estimate of drug-likeness (QED) is 0.718. The molecule has 1 aliphatic rings. The van der Waals surface area contributed by atoms with E-state index in [9.17, 15) is 21.6 Å². The van der Waals surface area contributed by atoms with Gasteiger partial charge in [0.1, 0.15) is 0 Å². The molecule has 0 aliphatic carbocycles. The van der Waals surface area contributed by atoms with E-state index >= 15 is 0 Å². The summed E-state index contributed by atoms with van der Waals surface area (Å²) in [6.07, 6.45) is 0.229. The zero-order valence-corrected chi connectivity index (χ0v) is 18.3. The predicted octanol–water partition coefficient (Wildman–Crippen LogP) is 2.67. The molecule has 0 saturated carbocycles. The first-order valence-corrected chi connectivity index (χ1v) is 12.6. The number of hydrogen-bond donors (Lipinski definition) is 2. The second-order valence-electron chi connectivity index (χ2n) is 7.14. The van der Waals surface area contributed by atoms with Gasteiger partial charge in [-0.15, -0.1) is 0 Å². The topological polar surface area (TPSA) is 109 Å². The molecule has 2 aromatic carbocycles. The van der Waals surface area contributed by atoms with E-state index in [2.05, 4.69) is 10.0 Å². The Morgan fingerprint density at radius 2 is 1.90 bits per heavy atom. The van der Waals surface area contributed by atoms with Gasteiger partial charge in [-0.05, 0) is 55.7 Å². The minimum atomic E-state index is -3.97. The number of carbonyl (C=O) groups is 1. The van der Waals surface area contributed by atoms with Crippen LogP contribution in [0.3, 0.4) is 0 Å². The summed E-state index contributed by atoms with van der Waals surface area (Å²) in [5.41, 5.74) is 2.35. The largest absolute Gasteiger partial charge is 0.320 e. The number of rotatable bonds is 5. The minimum absolute atomic E-state index is 0.0424. The summed E-state index contributed by atoms with van der Waals surface area (Å²) in [6.45, 7) is 3.70. The molecule has 2 N–H and O–H groups in total. The molecule has 10 heteroatoms. The molecule has 29 heavy (non-hydrogen) atoms. The van der Waals surface area contributed by atoms with Crippen molar-refractivity contribution in [3.8, 4) is 0 Å². The zero-order valence-electron chi connectivity index (χ0n) is 15.9. The number of anilines is 1. The summed E-state index contributed by atoms with van der Waals surface area (Å²) in [5, 5.41) is 3.11. The smallest absolute Gasteiger partial charge is 0.255 e. The number of halogens is 1. The molecule has 1 heterocycles. The van der Waals surface area contributed by atoms with Crippen LogP contribution in [0.25, 0.3) is 0 Å². The minimum Gasteiger partial charge on any atom is -0.320 e. The maximum Gasteiger partial charge on any atom is 0.255 e. The molecule has 0 aromatic heterocycles. The monoisotopic (exact) mass is 456 g/mol. The lowest BCUT2D eigenvalue weighted by atomic mass is 10.1. The van der Waals surface area contributed by atoms with Crippen LogP contribution in [0.4, 0.5) is 5.69 Å². The summed E-state index contributed by atoms with van der Waals surface area (Å²) in [6, 6.07) is 8.48. The van der Waals surface area contributed by atoms with Gasteiger partial charge in [0.2, 0.25) is 10.0 Å². The molecule has 1 saturated heterocycles. The Bertz CT molecular complexity index is 1150. The van der Waals surface area contributed by atoms with E-state index < -0.39 is 31.8 Å². The summed E-state index contributed by atoms with van der Waals surface area (Å²) < 4.78 is 50.8. The molecule has 7 nitrogen and oxygen atoms in total. The van der Waals surface area contributed by atoms with Crippen molar-refractivity contribution in [3.63, 3.8) is 0 Å². The van der Waals surface area contributed by atoms with Crippen molar-refractivity contribution in [1.29, 1.82) is 0 Å². The van der Waals surface area contributed by atoms with E-state index in [1.807, 2.05) is 19.9 Å². The number of sulfone groups is 1. The highest BCUT2D eigenvalue weighted by molar-refractivity contribution is 7.92. The second kappa shape index (κ2) is 8.06. The van der Waals surface area contributed by atoms with Crippen LogP contribution < -0.4 is 10.0 Å². The number of amides is 1. The number of carbonyl (C=O) groups excluding carboxylic acids is 1. The standard InChI is InChI=1S/C19H21ClN2O5S2/c1-12-8-13(2)18(17(20)9-12)21-19(23)14-4-3-5-16(10-14)29(26,27)22-15-6-7-28(24,25)11-15/h3-5,8-10,15,22H,6-7,11H2,1-2H3,(H,21,23). The lowest BCUT2D eigenvalue weighted by Gasteiger charge is -2.14. The van der Waals surface area contributed by atoms with Gasteiger partial charge in [-0.25, -0.2) is 21.6 Å². The van der Waals surface area contributed by atoms with Gasteiger partial charge in [0.05, 0.1) is 27.1 Å². The Hall–Kier alpha value is -1.94. The van der Waals surface area contributed by atoms with Gasteiger partial charge in [-0.2, -0.15) is 0 Å². The summed E-state index contributed by atoms with van der Waals surface area (Å²) in [5.74, 6) is -0.768. The van der Waals surface area contributed by atoms with E-state index in [-0.39, 0.29) is 28.4 Å². The number of nitrogens with one attached hydrogen (secondary N) is 2. The van der Waals surface area contributed by atoms with Crippen molar-refractivity contribution >= 4 is 43.1 Å². The third kappa shape index (κ3) is 5.16. The molecule has 1 unspecified atom stereocenters. The van der Waals surface area contributed by atoms with Crippen LogP contribution in [0.1, 0.15) is 27.9 Å². The van der Waals surface area contributed by atoms with Gasteiger partial charge in [0, 0.05) is 11.6 Å². The molecule has 3 rings (SSSR count). The van der Waals surface area contributed by atoms with Crippen molar-refractivity contribution in [3.05, 3.63) is 58.1 Å². The third-order valence-electron chi connectivity index (χ3n) is 4.63. The number of aryl methyl sites for hydroxylation is 2. The van der Waals surface area contributed by atoms with E-state index in [1.165, 1.54) is 24.3 Å². The van der Waals surface area contributed by atoms with Crippen molar-refractivity contribution in [2.45, 2.75) is 31.2 Å². The predicted molar refractivity (Wildman–Crippen MR) is 113 cm³/mol. The number of benzene rings is 2. The summed E-state index contributed by atoms with van der Waals surface area (Å²) in [4.78, 5) is 12.5. The Morgan fingerprint density at radius 1 is 1.17 bits per heavy atom. The zero-order chi connectivity index (χ0) is 21.4. The van der Waals surface area contributed by atoms with Crippen LogP contribution >= 0.6 is 11.6 Å². The van der Waals surface area contributed by atoms with Crippen LogP contribution in [-0.2, 0) is 19.9 Å². The van der Waals surface area contributed by atoms with Crippen LogP contribution in [0, 0.1) is 13.8 Å². The van der Waals surface area contributed by atoms with E-state index in [0.717, 1.165) is 11.1 Å². The van der Waals surface area contributed by atoms with Gasteiger partial charge in [0.25, 0.3) is 5.91 Å². The summed E-state index contributed by atoms with van der Waals surface area (Å²) in [7, 11) is -7.19. The maximum absolute atomic E-state index is 12.6. The van der Waals surface area contributed by atoms with Gasteiger partial charge >= 0.3 is 0 Å². The van der Waals surface area contributed by atoms with E-state index in [1.54, 1.807) is 6.07 Å². The molecule has 2 aromatic rings. The van der Waals surface area contributed by atoms with Crippen LogP contribution in [0.5, 0.6) is 0 Å². The number of hydrogen-bond acceptors (Lipinski definition) is 5. The van der Waals surface area contributed by atoms with E-state index in [0.29, 0.717) is 10.7 Å². The fourth-order valence-electron chi connectivity index (χ4n) is 3.24. The Morgan fingerprint density at radius 3 is 2.52 bits per heavy atom. The fraction of sp³-hybridized carbons (Fsp3) is 0.316. The SMILES string of the molecule is Cc1cc(C)c(NC(=O)c2cccc(S(=O)(=O)NC3CCS(=O)(=O)C3)c2)c(Cl)c1. The maximum atomic E-state index is 12.6. The third-order valence-corrected chi connectivity index (χ3v) is 8.22. The average Bonchev–Trinajstić information content (AvgIpc) is 2.95. The lowest BCUT2D eigenvalue weighted by Crippen LogP contribution is -2.35. The van der Waals surface area contributed by atoms with Crippen molar-refractivity contribution in [2.75, 3.05) is 16.8 Å². The number of sulfonamides is 1. The molecular weight excluding hydrogens is 436 g/mol. The van der Waals surface area contributed by atoms with Crippen molar-refractivity contribution in [2.24, 2.45) is 0 Å². The normalized spacial score (nSPS) is 18.5. The van der Waals surface area contributed by atoms with Gasteiger partial charge in [-0.1, -0.05) is 23.7 Å². The lowest BCUT2D eigenvalue weighted by molar-refractivity contribution is 0.102. The molecule has 1 atom stereocenters. The Labute approximate surface area is 175 Å². The highest BCUT2D eigenvalue weighted by Gasteiger charge is 2.31. The summed E-state index contributed by atoms with van der Waals surface area (Å²) >= 11 is 6.22. The highest BCUT2D eigenvalue weighted by atomic mass is 35.5. The molecule has 0 spiro atoms. The first-order chi connectivity index (χ1) is 13.5. The molecule has 1 fully saturated rings. The van der Waals surface area contributed by atoms with E-state index in [4.69, 9.17) is 11.6 Å². The van der Waals surface area contributed by atoms with Gasteiger partial charge in [0.15, 0.2) is 9.84 Å². The fourth-order valence-corrected chi connectivity index (χ4v) is 6.70. The molecule has 0 bridgehead atoms. The Kier molecular flexibility index (Phi) is 6.05. The Balaban J connectivity index is 1.81. The first-order valence-electron chi connectivity index (χ1n) is 8.88. The molecule has 0 radical (unpaired) electrons. The van der Waals surface area contributed by atoms with Crippen molar-refractivity contribution in [1.82, 2.24) is 4.72 Å².